The molecular formula is C15H22N2O3. The average molecular weight is 278 g/mol. The highest BCUT2D eigenvalue weighted by Crippen LogP contribution is 2.28. The first kappa shape index (κ1) is 14.5. The standard InChI is InChI=1S/C15H22N2O3/c1-4-17(15(18)16-12-6-7-12)10-11-5-8-13(19-2)14(9-11)20-3/h5,8-9,12H,4,6-7,10H2,1-3H3,(H,16,18). The number of methoxy groups -OCH3 is 2. The van der Waals surface area contributed by atoms with Gasteiger partial charge in [0.1, 0.15) is 0 Å². The van der Waals surface area contributed by atoms with E-state index >= 15 is 0 Å². The number of hydrogen-bond acceptors (Lipinski definition) is 3. The zero-order valence-electron chi connectivity index (χ0n) is 12.3. The van der Waals surface area contributed by atoms with Gasteiger partial charge in [-0.3, -0.25) is 0 Å². The minimum Gasteiger partial charge on any atom is -0.493 e. The summed E-state index contributed by atoms with van der Waals surface area (Å²) in [7, 11) is 3.22. The lowest BCUT2D eigenvalue weighted by atomic mass is 10.2. The lowest BCUT2D eigenvalue weighted by molar-refractivity contribution is 0.197. The molecular weight excluding hydrogens is 256 g/mol. The van der Waals surface area contributed by atoms with Crippen molar-refractivity contribution in [3.05, 3.63) is 23.8 Å². The number of ether oxygens (including phenoxy) is 2. The summed E-state index contributed by atoms with van der Waals surface area (Å²) in [6.07, 6.45) is 2.19. The van der Waals surface area contributed by atoms with Crippen LogP contribution in [0.25, 0.3) is 0 Å². The van der Waals surface area contributed by atoms with Crippen molar-refractivity contribution >= 4 is 6.03 Å². The molecule has 0 spiro atoms. The lowest BCUT2D eigenvalue weighted by Crippen LogP contribution is -2.40. The molecule has 0 saturated heterocycles. The van der Waals surface area contributed by atoms with E-state index in [2.05, 4.69) is 5.32 Å². The SMILES string of the molecule is CCN(Cc1ccc(OC)c(OC)c1)C(=O)NC1CC1. The Morgan fingerprint density at radius 1 is 1.30 bits per heavy atom. The molecule has 0 aromatic heterocycles. The largest absolute Gasteiger partial charge is 0.493 e. The van der Waals surface area contributed by atoms with Crippen molar-refractivity contribution in [1.82, 2.24) is 10.2 Å². The smallest absolute Gasteiger partial charge is 0.317 e. The highest BCUT2D eigenvalue weighted by atomic mass is 16.5. The molecule has 5 nitrogen and oxygen atoms in total. The molecule has 20 heavy (non-hydrogen) atoms. The quantitative estimate of drug-likeness (QED) is 0.869. The first-order valence-electron chi connectivity index (χ1n) is 6.94. The van der Waals surface area contributed by atoms with E-state index < -0.39 is 0 Å². The van der Waals surface area contributed by atoms with Crippen LogP contribution in [0.15, 0.2) is 18.2 Å². The summed E-state index contributed by atoms with van der Waals surface area (Å²) >= 11 is 0. The first-order valence-corrected chi connectivity index (χ1v) is 6.94. The Kier molecular flexibility index (Phi) is 4.71. The molecule has 1 N–H and O–H groups in total. The summed E-state index contributed by atoms with van der Waals surface area (Å²) < 4.78 is 10.5. The van der Waals surface area contributed by atoms with Gasteiger partial charge in [0.25, 0.3) is 0 Å². The Bertz CT molecular complexity index is 472. The van der Waals surface area contributed by atoms with E-state index in [0.717, 1.165) is 18.4 Å². The fourth-order valence-corrected chi connectivity index (χ4v) is 2.02. The zero-order valence-corrected chi connectivity index (χ0v) is 12.3. The topological polar surface area (TPSA) is 50.8 Å². The van der Waals surface area contributed by atoms with Crippen molar-refractivity contribution in [2.45, 2.75) is 32.4 Å². The molecule has 2 rings (SSSR count). The molecule has 1 saturated carbocycles. The second kappa shape index (κ2) is 6.50. The molecule has 5 heteroatoms. The summed E-state index contributed by atoms with van der Waals surface area (Å²) in [5.74, 6) is 1.38. The number of amides is 2. The molecule has 0 radical (unpaired) electrons. The second-order valence-corrected chi connectivity index (χ2v) is 4.93. The van der Waals surface area contributed by atoms with Crippen LogP contribution in [0.3, 0.4) is 0 Å². The number of nitrogens with zero attached hydrogens (tertiary/aromatic N) is 1. The number of benzene rings is 1. The molecule has 1 aromatic carbocycles. The summed E-state index contributed by atoms with van der Waals surface area (Å²) in [5, 5.41) is 3.01. The van der Waals surface area contributed by atoms with Gasteiger partial charge in [-0.1, -0.05) is 6.07 Å². The van der Waals surface area contributed by atoms with Crippen molar-refractivity contribution in [3.8, 4) is 11.5 Å². The third kappa shape index (κ3) is 3.56. The van der Waals surface area contributed by atoms with Gasteiger partial charge in [0.05, 0.1) is 14.2 Å². The normalized spacial score (nSPS) is 13.8. The summed E-state index contributed by atoms with van der Waals surface area (Å²) in [5.41, 5.74) is 1.02. The maximum atomic E-state index is 12.1. The Balaban J connectivity index is 2.04. The van der Waals surface area contributed by atoms with Crippen molar-refractivity contribution in [2.75, 3.05) is 20.8 Å². The number of carbonyl (C=O) groups is 1. The second-order valence-electron chi connectivity index (χ2n) is 4.93. The van der Waals surface area contributed by atoms with E-state index in [1.165, 1.54) is 0 Å². The van der Waals surface area contributed by atoms with Gasteiger partial charge in [0, 0.05) is 19.1 Å². The van der Waals surface area contributed by atoms with Gasteiger partial charge in [-0.05, 0) is 37.5 Å². The van der Waals surface area contributed by atoms with Crippen LogP contribution in [-0.4, -0.2) is 37.7 Å². The third-order valence-electron chi connectivity index (χ3n) is 3.40. The number of nitrogens with one attached hydrogen (secondary N) is 1. The molecule has 0 aliphatic heterocycles. The Labute approximate surface area is 119 Å². The first-order chi connectivity index (χ1) is 9.67. The van der Waals surface area contributed by atoms with Gasteiger partial charge in [0.15, 0.2) is 11.5 Å². The molecule has 1 aromatic rings. The van der Waals surface area contributed by atoms with Crippen LogP contribution in [-0.2, 0) is 6.54 Å². The maximum Gasteiger partial charge on any atom is 0.317 e. The van der Waals surface area contributed by atoms with Gasteiger partial charge in [-0.15, -0.1) is 0 Å². The van der Waals surface area contributed by atoms with Gasteiger partial charge in [-0.2, -0.15) is 0 Å². The van der Waals surface area contributed by atoms with Gasteiger partial charge >= 0.3 is 6.03 Å². The zero-order chi connectivity index (χ0) is 14.5. The molecule has 0 heterocycles. The third-order valence-corrected chi connectivity index (χ3v) is 3.40. The van der Waals surface area contributed by atoms with E-state index in [4.69, 9.17) is 9.47 Å². The fraction of sp³-hybridized carbons (Fsp3) is 0.533. The van der Waals surface area contributed by atoms with Crippen LogP contribution in [0.1, 0.15) is 25.3 Å². The molecule has 2 amide bonds. The van der Waals surface area contributed by atoms with Crippen molar-refractivity contribution < 1.29 is 14.3 Å². The Hall–Kier alpha value is -1.91. The number of rotatable bonds is 6. The highest BCUT2D eigenvalue weighted by molar-refractivity contribution is 5.74. The van der Waals surface area contributed by atoms with Crippen LogP contribution < -0.4 is 14.8 Å². The van der Waals surface area contributed by atoms with Crippen LogP contribution in [0, 0.1) is 0 Å². The highest BCUT2D eigenvalue weighted by Gasteiger charge is 2.25. The average Bonchev–Trinajstić information content (AvgIpc) is 3.28. The van der Waals surface area contributed by atoms with E-state index in [-0.39, 0.29) is 6.03 Å². The van der Waals surface area contributed by atoms with Crippen LogP contribution in [0.2, 0.25) is 0 Å². The van der Waals surface area contributed by atoms with E-state index in [9.17, 15) is 4.79 Å². The predicted molar refractivity (Wildman–Crippen MR) is 77.2 cm³/mol. The van der Waals surface area contributed by atoms with Gasteiger partial charge in [0.2, 0.25) is 0 Å². The lowest BCUT2D eigenvalue weighted by Gasteiger charge is -2.22. The Morgan fingerprint density at radius 2 is 2.00 bits per heavy atom. The molecule has 1 fully saturated rings. The minimum absolute atomic E-state index is 0.00443. The predicted octanol–water partition coefficient (Wildman–Crippen LogP) is 2.40. The number of urea groups is 1. The molecule has 110 valence electrons. The molecule has 0 unspecified atom stereocenters. The van der Waals surface area contributed by atoms with Crippen molar-refractivity contribution in [1.29, 1.82) is 0 Å². The minimum atomic E-state index is 0.00443. The molecule has 1 aliphatic carbocycles. The van der Waals surface area contributed by atoms with Gasteiger partial charge < -0.3 is 19.7 Å². The van der Waals surface area contributed by atoms with Crippen LogP contribution >= 0.6 is 0 Å². The van der Waals surface area contributed by atoms with Crippen molar-refractivity contribution in [2.24, 2.45) is 0 Å². The van der Waals surface area contributed by atoms with E-state index in [1.807, 2.05) is 25.1 Å². The summed E-state index contributed by atoms with van der Waals surface area (Å²) in [6, 6.07) is 6.10. The van der Waals surface area contributed by atoms with Gasteiger partial charge in [-0.25, -0.2) is 4.79 Å². The fourth-order valence-electron chi connectivity index (χ4n) is 2.02. The monoisotopic (exact) mass is 278 g/mol. The summed E-state index contributed by atoms with van der Waals surface area (Å²) in [4.78, 5) is 13.9. The van der Waals surface area contributed by atoms with Crippen LogP contribution in [0.5, 0.6) is 11.5 Å². The van der Waals surface area contributed by atoms with E-state index in [1.54, 1.807) is 19.1 Å². The molecule has 0 bridgehead atoms. The van der Waals surface area contributed by atoms with Crippen molar-refractivity contribution in [3.63, 3.8) is 0 Å². The molecule has 0 atom stereocenters. The molecule has 1 aliphatic rings. The Morgan fingerprint density at radius 3 is 2.55 bits per heavy atom. The number of carbonyl (C=O) groups excluding carboxylic acids is 1. The summed E-state index contributed by atoms with van der Waals surface area (Å²) in [6.45, 7) is 3.22. The van der Waals surface area contributed by atoms with E-state index in [0.29, 0.717) is 30.6 Å². The van der Waals surface area contributed by atoms with Crippen LogP contribution in [0.4, 0.5) is 4.79 Å². The maximum absolute atomic E-state index is 12.1. The number of hydrogen-bond donors (Lipinski definition) is 1.